The number of nitrogens with zero attached hydrogens (tertiary/aromatic N) is 1. The SMILES string of the molecule is Nc1ccc2nc(C3CCCCCC3)cc(N)c2c1. The van der Waals surface area contributed by atoms with Crippen LogP contribution in [-0.2, 0) is 0 Å². The Kier molecular flexibility index (Phi) is 3.28. The van der Waals surface area contributed by atoms with Gasteiger partial charge < -0.3 is 11.5 Å². The molecule has 0 radical (unpaired) electrons. The number of rotatable bonds is 1. The van der Waals surface area contributed by atoms with Gasteiger partial charge in [-0.05, 0) is 37.1 Å². The highest BCUT2D eigenvalue weighted by Gasteiger charge is 2.17. The van der Waals surface area contributed by atoms with Crippen LogP contribution in [0.4, 0.5) is 11.4 Å². The molecule has 1 aliphatic carbocycles. The molecule has 1 aromatic carbocycles. The molecule has 3 rings (SSSR count). The number of benzene rings is 1. The highest BCUT2D eigenvalue weighted by Crippen LogP contribution is 2.33. The molecule has 1 saturated carbocycles. The van der Waals surface area contributed by atoms with Crippen molar-refractivity contribution in [1.29, 1.82) is 0 Å². The van der Waals surface area contributed by atoms with Gasteiger partial charge in [-0.3, -0.25) is 4.98 Å². The van der Waals surface area contributed by atoms with Crippen LogP contribution in [0.3, 0.4) is 0 Å². The van der Waals surface area contributed by atoms with E-state index in [4.69, 9.17) is 16.5 Å². The maximum absolute atomic E-state index is 6.18. The largest absolute Gasteiger partial charge is 0.399 e. The van der Waals surface area contributed by atoms with E-state index in [1.807, 2.05) is 18.2 Å². The van der Waals surface area contributed by atoms with Crippen molar-refractivity contribution in [1.82, 2.24) is 4.98 Å². The zero-order valence-corrected chi connectivity index (χ0v) is 11.2. The van der Waals surface area contributed by atoms with Gasteiger partial charge in [0, 0.05) is 28.4 Å². The van der Waals surface area contributed by atoms with Crippen LogP contribution >= 0.6 is 0 Å². The number of aromatic nitrogens is 1. The normalized spacial score (nSPS) is 17.5. The van der Waals surface area contributed by atoms with E-state index < -0.39 is 0 Å². The summed E-state index contributed by atoms with van der Waals surface area (Å²) in [4.78, 5) is 4.81. The van der Waals surface area contributed by atoms with Gasteiger partial charge in [0.05, 0.1) is 5.52 Å². The maximum atomic E-state index is 6.18. The van der Waals surface area contributed by atoms with Gasteiger partial charge in [0.2, 0.25) is 0 Å². The Hall–Kier alpha value is -1.77. The van der Waals surface area contributed by atoms with Crippen LogP contribution in [0.1, 0.15) is 50.1 Å². The van der Waals surface area contributed by atoms with Gasteiger partial charge in [-0.25, -0.2) is 0 Å². The van der Waals surface area contributed by atoms with Crippen molar-refractivity contribution in [3.05, 3.63) is 30.0 Å². The summed E-state index contributed by atoms with van der Waals surface area (Å²) < 4.78 is 0. The van der Waals surface area contributed by atoms with Crippen molar-refractivity contribution in [2.75, 3.05) is 11.5 Å². The summed E-state index contributed by atoms with van der Waals surface area (Å²) in [6, 6.07) is 7.83. The summed E-state index contributed by atoms with van der Waals surface area (Å²) in [7, 11) is 0. The topological polar surface area (TPSA) is 64.9 Å². The molecule has 4 N–H and O–H groups in total. The van der Waals surface area contributed by atoms with Crippen LogP contribution in [0.25, 0.3) is 10.9 Å². The van der Waals surface area contributed by atoms with Gasteiger partial charge >= 0.3 is 0 Å². The monoisotopic (exact) mass is 255 g/mol. The molecule has 19 heavy (non-hydrogen) atoms. The number of hydrogen-bond acceptors (Lipinski definition) is 3. The Morgan fingerprint density at radius 3 is 2.42 bits per heavy atom. The second-order valence-electron chi connectivity index (χ2n) is 5.60. The molecule has 100 valence electrons. The number of nitrogen functional groups attached to an aromatic ring is 2. The van der Waals surface area contributed by atoms with Crippen LogP contribution in [0.15, 0.2) is 24.3 Å². The maximum Gasteiger partial charge on any atom is 0.0727 e. The highest BCUT2D eigenvalue weighted by atomic mass is 14.7. The minimum absolute atomic E-state index is 0.576. The highest BCUT2D eigenvalue weighted by molar-refractivity contribution is 5.92. The number of pyridine rings is 1. The Bertz CT molecular complexity index is 584. The lowest BCUT2D eigenvalue weighted by Crippen LogP contribution is -2.03. The van der Waals surface area contributed by atoms with Crippen molar-refractivity contribution in [2.45, 2.75) is 44.4 Å². The van der Waals surface area contributed by atoms with Gasteiger partial charge in [0.15, 0.2) is 0 Å². The summed E-state index contributed by atoms with van der Waals surface area (Å²) >= 11 is 0. The van der Waals surface area contributed by atoms with Crippen LogP contribution in [0.2, 0.25) is 0 Å². The Morgan fingerprint density at radius 1 is 0.947 bits per heavy atom. The van der Waals surface area contributed by atoms with Crippen molar-refractivity contribution < 1.29 is 0 Å². The molecule has 3 heteroatoms. The first-order chi connectivity index (χ1) is 9.24. The average Bonchev–Trinajstić information content (AvgIpc) is 2.68. The molecule has 0 saturated heterocycles. The molecule has 3 nitrogen and oxygen atoms in total. The fourth-order valence-corrected chi connectivity index (χ4v) is 3.08. The molecule has 0 atom stereocenters. The third-order valence-corrected chi connectivity index (χ3v) is 4.16. The number of hydrogen-bond donors (Lipinski definition) is 2. The predicted molar refractivity (Wildman–Crippen MR) is 81.0 cm³/mol. The van der Waals surface area contributed by atoms with Gasteiger partial charge in [-0.15, -0.1) is 0 Å². The Morgan fingerprint density at radius 2 is 1.68 bits per heavy atom. The first-order valence-electron chi connectivity index (χ1n) is 7.20. The van der Waals surface area contributed by atoms with Crippen LogP contribution in [0, 0.1) is 0 Å². The van der Waals surface area contributed by atoms with Crippen LogP contribution in [0.5, 0.6) is 0 Å². The summed E-state index contributed by atoms with van der Waals surface area (Å²) in [5.41, 5.74) is 15.7. The van der Waals surface area contributed by atoms with Crippen molar-refractivity contribution in [2.24, 2.45) is 0 Å². The van der Waals surface area contributed by atoms with Crippen LogP contribution in [-0.4, -0.2) is 4.98 Å². The zero-order valence-electron chi connectivity index (χ0n) is 11.2. The van der Waals surface area contributed by atoms with Gasteiger partial charge in [0.1, 0.15) is 0 Å². The quantitative estimate of drug-likeness (QED) is 0.601. The summed E-state index contributed by atoms with van der Waals surface area (Å²) in [6.45, 7) is 0. The third kappa shape index (κ3) is 2.50. The standard InChI is InChI=1S/C16H21N3/c17-12-7-8-15-13(9-12)14(18)10-16(19-15)11-5-3-1-2-4-6-11/h7-11H,1-6,17H2,(H2,18,19). The molecular weight excluding hydrogens is 234 g/mol. The molecule has 1 aliphatic rings. The van der Waals surface area contributed by atoms with E-state index in [0.717, 1.165) is 28.0 Å². The lowest BCUT2D eigenvalue weighted by molar-refractivity contribution is 0.580. The Labute approximate surface area is 114 Å². The fraction of sp³-hybridized carbons (Fsp3) is 0.438. The van der Waals surface area contributed by atoms with E-state index in [9.17, 15) is 0 Å². The smallest absolute Gasteiger partial charge is 0.0727 e. The molecule has 2 aromatic rings. The van der Waals surface area contributed by atoms with Gasteiger partial charge in [-0.1, -0.05) is 25.7 Å². The van der Waals surface area contributed by atoms with Crippen molar-refractivity contribution >= 4 is 22.3 Å². The molecule has 1 fully saturated rings. The van der Waals surface area contributed by atoms with E-state index >= 15 is 0 Å². The van der Waals surface area contributed by atoms with E-state index in [-0.39, 0.29) is 0 Å². The third-order valence-electron chi connectivity index (χ3n) is 4.16. The summed E-state index contributed by atoms with van der Waals surface area (Å²) in [6.07, 6.45) is 7.82. The molecular formula is C16H21N3. The number of anilines is 2. The van der Waals surface area contributed by atoms with E-state index in [1.54, 1.807) is 0 Å². The summed E-state index contributed by atoms with van der Waals surface area (Å²) in [5, 5.41) is 0.970. The second-order valence-corrected chi connectivity index (χ2v) is 5.60. The fourth-order valence-electron chi connectivity index (χ4n) is 3.08. The molecule has 0 bridgehead atoms. The summed E-state index contributed by atoms with van der Waals surface area (Å²) in [5.74, 6) is 0.576. The lowest BCUT2D eigenvalue weighted by atomic mass is 9.95. The van der Waals surface area contributed by atoms with Crippen LogP contribution < -0.4 is 11.5 Å². The Balaban J connectivity index is 2.02. The molecule has 0 unspecified atom stereocenters. The van der Waals surface area contributed by atoms with Gasteiger partial charge in [-0.2, -0.15) is 0 Å². The first kappa shape index (κ1) is 12.3. The number of fused-ring (bicyclic) bond motifs is 1. The molecule has 1 heterocycles. The zero-order chi connectivity index (χ0) is 13.2. The second kappa shape index (κ2) is 5.08. The molecule has 0 amide bonds. The molecule has 1 aromatic heterocycles. The molecule has 0 spiro atoms. The first-order valence-corrected chi connectivity index (χ1v) is 7.20. The predicted octanol–water partition coefficient (Wildman–Crippen LogP) is 3.84. The minimum atomic E-state index is 0.576. The van der Waals surface area contributed by atoms with Crippen molar-refractivity contribution in [3.63, 3.8) is 0 Å². The lowest BCUT2D eigenvalue weighted by Gasteiger charge is -2.15. The van der Waals surface area contributed by atoms with Crippen molar-refractivity contribution in [3.8, 4) is 0 Å². The van der Waals surface area contributed by atoms with E-state index in [0.29, 0.717) is 5.92 Å². The minimum Gasteiger partial charge on any atom is -0.399 e. The number of nitrogens with two attached hydrogens (primary N) is 2. The van der Waals surface area contributed by atoms with E-state index in [1.165, 1.54) is 38.5 Å². The van der Waals surface area contributed by atoms with E-state index in [2.05, 4.69) is 6.07 Å². The molecule has 0 aliphatic heterocycles. The average molecular weight is 255 g/mol. The van der Waals surface area contributed by atoms with Gasteiger partial charge in [0.25, 0.3) is 0 Å².